The van der Waals surface area contributed by atoms with Gasteiger partial charge in [-0.25, -0.2) is 13.1 Å². The lowest BCUT2D eigenvalue weighted by Gasteiger charge is -2.48. The van der Waals surface area contributed by atoms with Gasteiger partial charge in [0.1, 0.15) is 11.4 Å². The van der Waals surface area contributed by atoms with Crippen LogP contribution in [0.3, 0.4) is 0 Å². The third-order valence-corrected chi connectivity index (χ3v) is 13.3. The smallest absolute Gasteiger partial charge is 0.264 e. The number of fused-ring (bicyclic) bond motifs is 4. The number of nitrogens with zero attached hydrogens (tertiary/aromatic N) is 1. The van der Waals surface area contributed by atoms with Crippen LogP contribution in [0.25, 0.3) is 0 Å². The Morgan fingerprint density at radius 1 is 1.17 bits per heavy atom. The van der Waals surface area contributed by atoms with Gasteiger partial charge in [-0.2, -0.15) is 0 Å². The molecule has 0 unspecified atom stereocenters. The first-order chi connectivity index (χ1) is 22.5. The van der Waals surface area contributed by atoms with Crippen LogP contribution >= 0.6 is 11.6 Å². The highest BCUT2D eigenvalue weighted by atomic mass is 35.5. The van der Waals surface area contributed by atoms with Crippen molar-refractivity contribution in [3.63, 3.8) is 0 Å². The molecule has 1 spiro atoms. The number of carbonyl (C=O) groups excluding carboxylic acids is 1. The van der Waals surface area contributed by atoms with E-state index in [9.17, 15) is 13.2 Å². The van der Waals surface area contributed by atoms with E-state index in [1.54, 1.807) is 20.1 Å². The normalized spacial score (nSPS) is 32.3. The number of rotatable bonds is 2. The zero-order chi connectivity index (χ0) is 33.4. The molecule has 7 nitrogen and oxygen atoms in total. The molecule has 47 heavy (non-hydrogen) atoms. The molecule has 2 bridgehead atoms. The molecule has 1 N–H and O–H groups in total. The van der Waals surface area contributed by atoms with Gasteiger partial charge in [0, 0.05) is 48.5 Å². The standard InChI is InChI=1S/C38H47ClN2O5S/c1-5-6-7-19-38(45-4)20-8-10-26(2)27(3)47(43,44)40-36(42)29-13-17-35-34(22-29)41(23-30-12-15-33(30)38)24-37(25-46-35)18-9-11-28-21-31(39)14-16-32(28)37/h8,13-14,16-17,20-22,26-27,30,33H,5-6,9-12,15,18,23-25H2,1-4H3,(H,40,42)/b20-8+/t26-,27+,30-,33+,37-,38-/m0/s1. The number of halogens is 1. The van der Waals surface area contributed by atoms with Crippen molar-refractivity contribution in [1.82, 2.24) is 4.72 Å². The molecule has 2 aliphatic heterocycles. The van der Waals surface area contributed by atoms with Gasteiger partial charge in [-0.3, -0.25) is 4.79 Å². The largest absolute Gasteiger partial charge is 0.490 e. The minimum absolute atomic E-state index is 0.157. The van der Waals surface area contributed by atoms with Gasteiger partial charge in [0.15, 0.2) is 0 Å². The molecule has 0 aromatic heterocycles. The SMILES string of the molecule is CCCC#C[C@]1(OC)/C=C/C[C@H](C)[C@@H](C)S(=O)(=O)NC(=O)c2ccc3c(c2)N(C[C@@H]2CC[C@H]21)C[C@@]1(CCCc2cc(Cl)ccc21)CO3. The first kappa shape index (κ1) is 33.9. The molecule has 252 valence electrons. The van der Waals surface area contributed by atoms with Crippen molar-refractivity contribution >= 4 is 33.2 Å². The van der Waals surface area contributed by atoms with Crippen LogP contribution in [0.15, 0.2) is 48.6 Å². The number of hydrogen-bond donors (Lipinski definition) is 1. The average Bonchev–Trinajstić information content (AvgIpc) is 3.18. The lowest BCUT2D eigenvalue weighted by Crippen LogP contribution is -2.52. The van der Waals surface area contributed by atoms with Gasteiger partial charge in [0.05, 0.1) is 17.5 Å². The number of amides is 1. The van der Waals surface area contributed by atoms with Crippen molar-refractivity contribution in [3.8, 4) is 17.6 Å². The molecule has 6 rings (SSSR count). The first-order valence-corrected chi connectivity index (χ1v) is 19.0. The van der Waals surface area contributed by atoms with Crippen molar-refractivity contribution in [2.24, 2.45) is 17.8 Å². The number of carbonyl (C=O) groups is 1. The van der Waals surface area contributed by atoms with Crippen molar-refractivity contribution in [2.75, 3.05) is 31.7 Å². The Labute approximate surface area is 285 Å². The fourth-order valence-electron chi connectivity index (χ4n) is 7.98. The van der Waals surface area contributed by atoms with Crippen molar-refractivity contribution < 1.29 is 22.7 Å². The van der Waals surface area contributed by atoms with E-state index in [0.29, 0.717) is 30.9 Å². The highest BCUT2D eigenvalue weighted by Crippen LogP contribution is 2.49. The van der Waals surface area contributed by atoms with Gasteiger partial charge in [-0.1, -0.05) is 49.4 Å². The fraction of sp³-hybridized carbons (Fsp3) is 0.553. The molecular weight excluding hydrogens is 632 g/mol. The molecule has 0 radical (unpaired) electrons. The molecule has 2 heterocycles. The number of allylic oxidation sites excluding steroid dienone is 1. The molecule has 6 atom stereocenters. The van der Waals surface area contributed by atoms with Crippen LogP contribution in [0, 0.1) is 29.6 Å². The molecule has 1 amide bonds. The van der Waals surface area contributed by atoms with Gasteiger partial charge in [-0.15, -0.1) is 0 Å². The molecule has 2 aliphatic carbocycles. The number of benzene rings is 2. The molecule has 0 saturated heterocycles. The number of aryl methyl sites for hydroxylation is 1. The Balaban J connectivity index is 1.47. The second-order valence-corrected chi connectivity index (χ2v) is 16.6. The Morgan fingerprint density at radius 3 is 2.74 bits per heavy atom. The summed E-state index contributed by atoms with van der Waals surface area (Å²) >= 11 is 6.45. The number of methoxy groups -OCH3 is 1. The first-order valence-electron chi connectivity index (χ1n) is 17.1. The third kappa shape index (κ3) is 6.56. The summed E-state index contributed by atoms with van der Waals surface area (Å²) in [4.78, 5) is 15.9. The fourth-order valence-corrected chi connectivity index (χ4v) is 9.46. The highest BCUT2D eigenvalue weighted by Gasteiger charge is 2.48. The maximum absolute atomic E-state index is 13.5. The zero-order valence-corrected chi connectivity index (χ0v) is 29.6. The van der Waals surface area contributed by atoms with Gasteiger partial charge in [-0.05, 0) is 111 Å². The van der Waals surface area contributed by atoms with Crippen molar-refractivity contribution in [3.05, 3.63) is 70.3 Å². The molecular formula is C38H47ClN2O5S. The van der Waals surface area contributed by atoms with E-state index in [1.807, 2.05) is 31.2 Å². The molecule has 1 saturated carbocycles. The maximum Gasteiger partial charge on any atom is 0.264 e. The summed E-state index contributed by atoms with van der Waals surface area (Å²) in [6, 6.07) is 11.5. The van der Waals surface area contributed by atoms with Crippen LogP contribution in [0.4, 0.5) is 5.69 Å². The van der Waals surface area contributed by atoms with Crippen LogP contribution in [-0.2, 0) is 26.6 Å². The third-order valence-electron chi connectivity index (χ3n) is 11.1. The molecule has 9 heteroatoms. The lowest BCUT2D eigenvalue weighted by atomic mass is 9.64. The van der Waals surface area contributed by atoms with Crippen molar-refractivity contribution in [2.45, 2.75) is 88.4 Å². The minimum atomic E-state index is -3.95. The zero-order valence-electron chi connectivity index (χ0n) is 28.0. The second kappa shape index (κ2) is 13.5. The summed E-state index contributed by atoms with van der Waals surface area (Å²) in [6.45, 7) is 7.62. The van der Waals surface area contributed by atoms with Crippen LogP contribution in [0.1, 0.15) is 87.2 Å². The van der Waals surface area contributed by atoms with Crippen LogP contribution < -0.4 is 14.4 Å². The monoisotopic (exact) mass is 678 g/mol. The Hall–Kier alpha value is -2.99. The summed E-state index contributed by atoms with van der Waals surface area (Å²) < 4.78 is 42.2. The summed E-state index contributed by atoms with van der Waals surface area (Å²) in [7, 11) is -2.20. The number of hydrogen-bond acceptors (Lipinski definition) is 6. The number of nitrogens with one attached hydrogen (secondary N) is 1. The Kier molecular flexibility index (Phi) is 9.73. The van der Waals surface area contributed by atoms with E-state index < -0.39 is 26.8 Å². The lowest BCUT2D eigenvalue weighted by molar-refractivity contribution is -0.0351. The molecule has 4 aliphatic rings. The van der Waals surface area contributed by atoms with Crippen LogP contribution in [0.2, 0.25) is 5.02 Å². The number of sulfonamides is 1. The quantitative estimate of drug-likeness (QED) is 0.270. The van der Waals surface area contributed by atoms with E-state index in [2.05, 4.69) is 46.6 Å². The van der Waals surface area contributed by atoms with E-state index >= 15 is 0 Å². The van der Waals surface area contributed by atoms with Gasteiger partial charge in [0.2, 0.25) is 10.0 Å². The Bertz CT molecular complexity index is 1710. The van der Waals surface area contributed by atoms with Gasteiger partial charge in [0.25, 0.3) is 5.91 Å². The minimum Gasteiger partial charge on any atom is -0.490 e. The Morgan fingerprint density at radius 2 is 2.00 bits per heavy atom. The van der Waals surface area contributed by atoms with E-state index in [0.717, 1.165) is 62.2 Å². The summed E-state index contributed by atoms with van der Waals surface area (Å²) in [5.41, 5.74) is 2.59. The molecule has 1 fully saturated rings. The maximum atomic E-state index is 13.5. The summed E-state index contributed by atoms with van der Waals surface area (Å²) in [5, 5.41) is -0.0487. The topological polar surface area (TPSA) is 84.9 Å². The number of ether oxygens (including phenoxy) is 2. The molecule has 2 aromatic carbocycles. The number of anilines is 1. The molecule has 2 aromatic rings. The average molecular weight is 679 g/mol. The second-order valence-electron chi connectivity index (χ2n) is 14.1. The van der Waals surface area contributed by atoms with Gasteiger partial charge >= 0.3 is 0 Å². The van der Waals surface area contributed by atoms with Gasteiger partial charge < -0.3 is 14.4 Å². The van der Waals surface area contributed by atoms with Crippen LogP contribution in [0.5, 0.6) is 5.75 Å². The van der Waals surface area contributed by atoms with Crippen molar-refractivity contribution in [1.29, 1.82) is 0 Å². The predicted molar refractivity (Wildman–Crippen MR) is 188 cm³/mol. The predicted octanol–water partition coefficient (Wildman–Crippen LogP) is 7.07. The van der Waals surface area contributed by atoms with E-state index in [-0.39, 0.29) is 23.2 Å². The summed E-state index contributed by atoms with van der Waals surface area (Å²) in [6.07, 6.45) is 11.4. The number of unbranched alkanes of at least 4 members (excludes halogenated alkanes) is 1. The highest BCUT2D eigenvalue weighted by molar-refractivity contribution is 7.90. The van der Waals surface area contributed by atoms with E-state index in [1.165, 1.54) is 11.1 Å². The van der Waals surface area contributed by atoms with Crippen LogP contribution in [-0.4, -0.2) is 52.0 Å². The van der Waals surface area contributed by atoms with E-state index in [4.69, 9.17) is 21.1 Å². The summed E-state index contributed by atoms with van der Waals surface area (Å²) in [5.74, 6) is 7.19.